The monoisotopic (exact) mass is 248 g/mol. The molecule has 0 saturated heterocycles. The molecule has 0 aliphatic carbocycles. The predicted molar refractivity (Wildman–Crippen MR) is 66.7 cm³/mol. The fourth-order valence-electron chi connectivity index (χ4n) is 1.43. The van der Waals surface area contributed by atoms with Crippen LogP contribution in [0, 0.1) is 0 Å². The topological polar surface area (TPSA) is 67.6 Å². The Morgan fingerprint density at radius 1 is 1.31 bits per heavy atom. The summed E-state index contributed by atoms with van der Waals surface area (Å²) in [6.45, 7) is 0. The summed E-state index contributed by atoms with van der Waals surface area (Å²) in [4.78, 5) is 12.4. The van der Waals surface area contributed by atoms with E-state index in [9.17, 15) is 0 Å². The summed E-state index contributed by atoms with van der Waals surface area (Å²) in [5, 5.41) is 0.835. The highest BCUT2D eigenvalue weighted by Gasteiger charge is 2.08. The van der Waals surface area contributed by atoms with Gasteiger partial charge >= 0.3 is 0 Å². The molecular formula is C10H8N4S2. The number of hydrogen-bond acceptors (Lipinski definition) is 5. The third-order valence-electron chi connectivity index (χ3n) is 2.18. The standard InChI is InChI=1S/C10H8N4S2/c11-8-6(16-10-12-3-4-13-10)1-2-7-9(8)14-5-15-7/h1-5H,11H2,(H,12,13). The minimum absolute atomic E-state index is 0.722. The molecule has 6 heteroatoms. The van der Waals surface area contributed by atoms with E-state index in [4.69, 9.17) is 5.73 Å². The Balaban J connectivity index is 2.07. The third-order valence-corrected chi connectivity index (χ3v) is 3.97. The van der Waals surface area contributed by atoms with Crippen LogP contribution in [0.4, 0.5) is 5.69 Å². The molecule has 0 fully saturated rings. The van der Waals surface area contributed by atoms with Crippen LogP contribution in [0.15, 0.2) is 40.1 Å². The molecule has 3 aromatic rings. The molecule has 0 amide bonds. The summed E-state index contributed by atoms with van der Waals surface area (Å²) < 4.78 is 1.11. The second-order valence-corrected chi connectivity index (χ2v) is 5.09. The number of nitrogens with one attached hydrogen (secondary N) is 1. The first-order valence-corrected chi connectivity index (χ1v) is 6.33. The third kappa shape index (κ3) is 1.56. The molecule has 2 heterocycles. The Bertz CT molecular complexity index is 615. The summed E-state index contributed by atoms with van der Waals surface area (Å²) in [5.41, 5.74) is 9.47. The van der Waals surface area contributed by atoms with Crippen LogP contribution in [-0.2, 0) is 0 Å². The average Bonchev–Trinajstić information content (AvgIpc) is 2.93. The lowest BCUT2D eigenvalue weighted by molar-refractivity contribution is 1.06. The van der Waals surface area contributed by atoms with Crippen molar-refractivity contribution in [2.24, 2.45) is 0 Å². The molecule has 0 saturated carbocycles. The number of anilines is 1. The summed E-state index contributed by atoms with van der Waals surface area (Å²) >= 11 is 3.11. The first kappa shape index (κ1) is 9.68. The van der Waals surface area contributed by atoms with Crippen LogP contribution in [-0.4, -0.2) is 15.0 Å². The number of hydrogen-bond donors (Lipinski definition) is 2. The smallest absolute Gasteiger partial charge is 0.170 e. The highest BCUT2D eigenvalue weighted by Crippen LogP contribution is 2.35. The molecule has 4 nitrogen and oxygen atoms in total. The van der Waals surface area contributed by atoms with Gasteiger partial charge in [0.1, 0.15) is 5.52 Å². The molecule has 16 heavy (non-hydrogen) atoms. The molecule has 0 atom stereocenters. The van der Waals surface area contributed by atoms with Gasteiger partial charge in [0.2, 0.25) is 0 Å². The number of H-pyrrole nitrogens is 1. The number of benzene rings is 1. The molecule has 1 aromatic carbocycles. The van der Waals surface area contributed by atoms with Crippen molar-refractivity contribution in [3.8, 4) is 0 Å². The quantitative estimate of drug-likeness (QED) is 0.684. The van der Waals surface area contributed by atoms with Crippen molar-refractivity contribution < 1.29 is 0 Å². The molecule has 3 rings (SSSR count). The average molecular weight is 248 g/mol. The molecular weight excluding hydrogens is 240 g/mol. The van der Waals surface area contributed by atoms with E-state index < -0.39 is 0 Å². The van der Waals surface area contributed by atoms with Crippen molar-refractivity contribution in [2.75, 3.05) is 5.73 Å². The Labute approximate surface area is 99.9 Å². The van der Waals surface area contributed by atoms with Gasteiger partial charge < -0.3 is 10.7 Å². The van der Waals surface area contributed by atoms with E-state index in [0.717, 1.165) is 26.0 Å². The Morgan fingerprint density at radius 3 is 3.06 bits per heavy atom. The fourth-order valence-corrected chi connectivity index (χ4v) is 2.92. The van der Waals surface area contributed by atoms with Crippen LogP contribution in [0.1, 0.15) is 0 Å². The van der Waals surface area contributed by atoms with Crippen molar-refractivity contribution in [1.82, 2.24) is 15.0 Å². The summed E-state index contributed by atoms with van der Waals surface area (Å²) in [7, 11) is 0. The largest absolute Gasteiger partial charge is 0.396 e. The maximum absolute atomic E-state index is 6.06. The van der Waals surface area contributed by atoms with Gasteiger partial charge in [-0.1, -0.05) is 0 Å². The predicted octanol–water partition coefficient (Wildman–Crippen LogP) is 2.75. The minimum atomic E-state index is 0.722. The SMILES string of the molecule is Nc1c(Sc2ncc[nH]2)ccc2scnc12. The second kappa shape index (κ2) is 3.80. The van der Waals surface area contributed by atoms with E-state index in [1.54, 1.807) is 23.7 Å². The first-order valence-electron chi connectivity index (χ1n) is 4.63. The molecule has 0 unspecified atom stereocenters. The number of aromatic nitrogens is 3. The number of nitrogens with two attached hydrogens (primary N) is 1. The van der Waals surface area contributed by atoms with Gasteiger partial charge in [0.25, 0.3) is 0 Å². The molecule has 0 aliphatic rings. The molecule has 0 spiro atoms. The summed E-state index contributed by atoms with van der Waals surface area (Å²) in [5.74, 6) is 0. The van der Waals surface area contributed by atoms with Crippen LogP contribution >= 0.6 is 23.1 Å². The Kier molecular flexibility index (Phi) is 2.30. The molecule has 0 bridgehead atoms. The van der Waals surface area contributed by atoms with Crippen LogP contribution in [0.5, 0.6) is 0 Å². The number of aromatic amines is 1. The zero-order chi connectivity index (χ0) is 11.0. The number of rotatable bonds is 2. The zero-order valence-corrected chi connectivity index (χ0v) is 9.81. The number of thiazole rings is 1. The van der Waals surface area contributed by atoms with Gasteiger partial charge in [-0.15, -0.1) is 11.3 Å². The molecule has 80 valence electrons. The lowest BCUT2D eigenvalue weighted by Crippen LogP contribution is -1.90. The van der Waals surface area contributed by atoms with E-state index >= 15 is 0 Å². The minimum Gasteiger partial charge on any atom is -0.396 e. The summed E-state index contributed by atoms with van der Waals surface area (Å²) in [6.07, 6.45) is 3.51. The number of nitrogens with zero attached hydrogens (tertiary/aromatic N) is 2. The lowest BCUT2D eigenvalue weighted by Gasteiger charge is -2.03. The molecule has 3 N–H and O–H groups in total. The van der Waals surface area contributed by atoms with Gasteiger partial charge in [0.15, 0.2) is 5.16 Å². The van der Waals surface area contributed by atoms with Gasteiger partial charge in [-0.2, -0.15) is 0 Å². The number of fused-ring (bicyclic) bond motifs is 1. The summed E-state index contributed by atoms with van der Waals surface area (Å²) in [6, 6.07) is 4.04. The van der Waals surface area contributed by atoms with Crippen molar-refractivity contribution in [1.29, 1.82) is 0 Å². The van der Waals surface area contributed by atoms with Gasteiger partial charge in [-0.05, 0) is 23.9 Å². The fraction of sp³-hybridized carbons (Fsp3) is 0. The van der Waals surface area contributed by atoms with Gasteiger partial charge in [-0.25, -0.2) is 9.97 Å². The van der Waals surface area contributed by atoms with E-state index in [2.05, 4.69) is 15.0 Å². The van der Waals surface area contributed by atoms with Crippen molar-refractivity contribution in [3.63, 3.8) is 0 Å². The van der Waals surface area contributed by atoms with Gasteiger partial charge in [-0.3, -0.25) is 0 Å². The van der Waals surface area contributed by atoms with Crippen molar-refractivity contribution in [2.45, 2.75) is 10.1 Å². The lowest BCUT2D eigenvalue weighted by atomic mass is 10.3. The van der Waals surface area contributed by atoms with Gasteiger partial charge in [0, 0.05) is 17.3 Å². The van der Waals surface area contributed by atoms with E-state index in [1.807, 2.05) is 17.6 Å². The van der Waals surface area contributed by atoms with Gasteiger partial charge in [0.05, 0.1) is 15.9 Å². The number of imidazole rings is 1. The molecule has 0 radical (unpaired) electrons. The van der Waals surface area contributed by atoms with Crippen LogP contribution in [0.3, 0.4) is 0 Å². The zero-order valence-electron chi connectivity index (χ0n) is 8.18. The van der Waals surface area contributed by atoms with Crippen LogP contribution in [0.2, 0.25) is 0 Å². The van der Waals surface area contributed by atoms with E-state index in [0.29, 0.717) is 0 Å². The maximum Gasteiger partial charge on any atom is 0.170 e. The van der Waals surface area contributed by atoms with Crippen LogP contribution in [0.25, 0.3) is 10.2 Å². The maximum atomic E-state index is 6.06. The Hall–Kier alpha value is -1.53. The highest BCUT2D eigenvalue weighted by molar-refractivity contribution is 7.99. The first-order chi connectivity index (χ1) is 7.84. The Morgan fingerprint density at radius 2 is 2.25 bits per heavy atom. The van der Waals surface area contributed by atoms with Crippen molar-refractivity contribution in [3.05, 3.63) is 30.0 Å². The van der Waals surface area contributed by atoms with E-state index in [1.165, 1.54) is 11.8 Å². The van der Waals surface area contributed by atoms with Crippen LogP contribution < -0.4 is 5.73 Å². The van der Waals surface area contributed by atoms with Crippen molar-refractivity contribution >= 4 is 39.0 Å². The second-order valence-electron chi connectivity index (χ2n) is 3.17. The highest BCUT2D eigenvalue weighted by atomic mass is 32.2. The molecule has 0 aliphatic heterocycles. The number of nitrogen functional groups attached to an aromatic ring is 1. The normalized spacial score (nSPS) is 11.0. The molecule has 2 aromatic heterocycles. The van der Waals surface area contributed by atoms with E-state index in [-0.39, 0.29) is 0 Å².